The fraction of sp³-hybridized carbons (Fsp3) is 0.0192. The van der Waals surface area contributed by atoms with Gasteiger partial charge in [-0.3, -0.25) is 4.98 Å². The molecule has 0 amide bonds. The summed E-state index contributed by atoms with van der Waals surface area (Å²) in [5, 5.41) is 0. The zero-order valence-corrected chi connectivity index (χ0v) is 31.1. The number of fused-ring (bicyclic) bond motifs is 11. The van der Waals surface area contributed by atoms with Gasteiger partial charge in [-0.15, -0.1) is 0 Å². The van der Waals surface area contributed by atoms with Crippen LogP contribution in [0.25, 0.3) is 67.3 Å². The Kier molecular flexibility index (Phi) is 7.64. The van der Waals surface area contributed by atoms with E-state index in [4.69, 9.17) is 9.97 Å². The standard InChI is InChI=1S/C52H33N3S/c1-2-13-35(14-3-1)47-32-48(55-51(54-47)36-26-24-34(25-27-36)38-15-12-30-53-33-38)37-28-29-42-40-17-5-4-16-39(40)41-18-6-7-19-43(41)52(46(42)31-37)44-20-8-10-22-49(44)56-50-23-11-9-21-45(50)52/h1-33H. The normalized spacial score (nSPS) is 13.1. The molecular formula is C52H33N3S. The number of nitrogens with zero attached hydrogens (tertiary/aromatic N) is 3. The largest absolute Gasteiger partial charge is 0.264 e. The molecule has 3 heterocycles. The van der Waals surface area contributed by atoms with Crippen molar-refractivity contribution in [1.82, 2.24) is 15.0 Å². The van der Waals surface area contributed by atoms with Crippen molar-refractivity contribution in [2.45, 2.75) is 15.2 Å². The van der Waals surface area contributed by atoms with Gasteiger partial charge in [0.05, 0.1) is 16.8 Å². The Bertz CT molecular complexity index is 2890. The molecule has 0 saturated heterocycles. The van der Waals surface area contributed by atoms with Crippen LogP contribution in [0.1, 0.15) is 22.3 Å². The van der Waals surface area contributed by atoms with Crippen molar-refractivity contribution < 1.29 is 0 Å². The zero-order chi connectivity index (χ0) is 37.1. The Balaban J connectivity index is 1.19. The van der Waals surface area contributed by atoms with E-state index in [-0.39, 0.29) is 0 Å². The minimum atomic E-state index is -0.598. The van der Waals surface area contributed by atoms with Crippen molar-refractivity contribution >= 4 is 11.8 Å². The van der Waals surface area contributed by atoms with Crippen molar-refractivity contribution in [2.75, 3.05) is 0 Å². The van der Waals surface area contributed by atoms with E-state index in [1.165, 1.54) is 54.3 Å². The molecule has 1 aliphatic carbocycles. The molecule has 7 aromatic carbocycles. The van der Waals surface area contributed by atoms with Crippen LogP contribution >= 0.6 is 11.8 Å². The van der Waals surface area contributed by atoms with Crippen LogP contribution in [0.5, 0.6) is 0 Å². The van der Waals surface area contributed by atoms with Gasteiger partial charge in [0.15, 0.2) is 5.82 Å². The Morgan fingerprint density at radius 2 is 0.893 bits per heavy atom. The van der Waals surface area contributed by atoms with E-state index in [1.807, 2.05) is 30.1 Å². The molecule has 0 atom stereocenters. The van der Waals surface area contributed by atoms with Gasteiger partial charge in [0, 0.05) is 38.9 Å². The summed E-state index contributed by atoms with van der Waals surface area (Å²) in [4.78, 5) is 17.4. The number of hydrogen-bond donors (Lipinski definition) is 0. The fourth-order valence-electron chi connectivity index (χ4n) is 8.79. The quantitative estimate of drug-likeness (QED) is 0.181. The molecule has 1 spiro atoms. The van der Waals surface area contributed by atoms with Crippen LogP contribution in [0.2, 0.25) is 0 Å². The highest BCUT2D eigenvalue weighted by molar-refractivity contribution is 7.99. The molecule has 2 aliphatic rings. The zero-order valence-electron chi connectivity index (χ0n) is 30.3. The highest BCUT2D eigenvalue weighted by Gasteiger charge is 2.48. The molecule has 0 fully saturated rings. The number of rotatable bonds is 4. The molecule has 0 unspecified atom stereocenters. The minimum Gasteiger partial charge on any atom is -0.264 e. The summed E-state index contributed by atoms with van der Waals surface area (Å²) in [6.45, 7) is 0. The first-order chi connectivity index (χ1) is 27.8. The van der Waals surface area contributed by atoms with Gasteiger partial charge in [0.2, 0.25) is 0 Å². The van der Waals surface area contributed by atoms with Crippen molar-refractivity contribution in [2.24, 2.45) is 0 Å². The van der Waals surface area contributed by atoms with Crippen LogP contribution in [0.15, 0.2) is 210 Å². The molecule has 11 rings (SSSR count). The van der Waals surface area contributed by atoms with Crippen LogP contribution in [0.3, 0.4) is 0 Å². The molecule has 9 aromatic rings. The van der Waals surface area contributed by atoms with E-state index in [2.05, 4.69) is 181 Å². The number of pyridine rings is 1. The summed E-state index contributed by atoms with van der Waals surface area (Å²) in [7, 11) is 0. The van der Waals surface area contributed by atoms with Gasteiger partial charge in [0.25, 0.3) is 0 Å². The van der Waals surface area contributed by atoms with E-state index >= 15 is 0 Å². The lowest BCUT2D eigenvalue weighted by Gasteiger charge is -2.42. The molecule has 0 radical (unpaired) electrons. The minimum absolute atomic E-state index is 0.598. The molecule has 262 valence electrons. The van der Waals surface area contributed by atoms with Crippen molar-refractivity contribution in [1.29, 1.82) is 0 Å². The summed E-state index contributed by atoms with van der Waals surface area (Å²) >= 11 is 1.87. The van der Waals surface area contributed by atoms with E-state index in [9.17, 15) is 0 Å². The second-order valence-electron chi connectivity index (χ2n) is 14.3. The third-order valence-electron chi connectivity index (χ3n) is 11.3. The summed E-state index contributed by atoms with van der Waals surface area (Å²) in [6, 6.07) is 68.0. The first-order valence-electron chi connectivity index (χ1n) is 18.9. The first kappa shape index (κ1) is 32.5. The molecule has 0 bridgehead atoms. The molecular weight excluding hydrogens is 699 g/mol. The van der Waals surface area contributed by atoms with Crippen LogP contribution < -0.4 is 0 Å². The highest BCUT2D eigenvalue weighted by Crippen LogP contribution is 2.61. The van der Waals surface area contributed by atoms with Crippen LogP contribution in [-0.4, -0.2) is 15.0 Å². The molecule has 0 saturated carbocycles. The molecule has 4 heteroatoms. The van der Waals surface area contributed by atoms with E-state index in [0.717, 1.165) is 39.2 Å². The molecule has 56 heavy (non-hydrogen) atoms. The summed E-state index contributed by atoms with van der Waals surface area (Å²) < 4.78 is 0. The van der Waals surface area contributed by atoms with Crippen LogP contribution in [-0.2, 0) is 5.41 Å². The maximum absolute atomic E-state index is 5.36. The van der Waals surface area contributed by atoms with Gasteiger partial charge in [-0.2, -0.15) is 0 Å². The maximum Gasteiger partial charge on any atom is 0.160 e. The summed E-state index contributed by atoms with van der Waals surface area (Å²) in [6.07, 6.45) is 3.69. The lowest BCUT2D eigenvalue weighted by Crippen LogP contribution is -2.34. The average molecular weight is 732 g/mol. The van der Waals surface area contributed by atoms with E-state index < -0.39 is 5.41 Å². The monoisotopic (exact) mass is 731 g/mol. The van der Waals surface area contributed by atoms with Gasteiger partial charge in [-0.25, -0.2) is 9.97 Å². The predicted octanol–water partition coefficient (Wildman–Crippen LogP) is 13.0. The lowest BCUT2D eigenvalue weighted by molar-refractivity contribution is 0.708. The van der Waals surface area contributed by atoms with Gasteiger partial charge < -0.3 is 0 Å². The third kappa shape index (κ3) is 5.10. The molecule has 0 N–H and O–H groups in total. The molecule has 1 aliphatic heterocycles. The molecule has 3 nitrogen and oxygen atoms in total. The maximum atomic E-state index is 5.36. The lowest BCUT2D eigenvalue weighted by atomic mass is 9.63. The summed E-state index contributed by atoms with van der Waals surface area (Å²) in [5.41, 5.74) is 16.4. The van der Waals surface area contributed by atoms with Gasteiger partial charge in [-0.05, 0) is 86.0 Å². The topological polar surface area (TPSA) is 38.7 Å². The fourth-order valence-corrected chi connectivity index (χ4v) is 9.99. The van der Waals surface area contributed by atoms with Crippen molar-refractivity contribution in [3.05, 3.63) is 223 Å². The average Bonchev–Trinajstić information content (AvgIpc) is 3.38. The van der Waals surface area contributed by atoms with E-state index in [0.29, 0.717) is 5.82 Å². The van der Waals surface area contributed by atoms with Gasteiger partial charge >= 0.3 is 0 Å². The van der Waals surface area contributed by atoms with Crippen molar-refractivity contribution in [3.63, 3.8) is 0 Å². The molecule has 2 aromatic heterocycles. The van der Waals surface area contributed by atoms with Gasteiger partial charge in [-0.1, -0.05) is 169 Å². The van der Waals surface area contributed by atoms with Crippen LogP contribution in [0, 0.1) is 0 Å². The number of benzene rings is 7. The van der Waals surface area contributed by atoms with E-state index in [1.54, 1.807) is 6.20 Å². The Morgan fingerprint density at radius 3 is 1.57 bits per heavy atom. The Labute approximate surface area is 330 Å². The number of aromatic nitrogens is 3. The predicted molar refractivity (Wildman–Crippen MR) is 228 cm³/mol. The smallest absolute Gasteiger partial charge is 0.160 e. The summed E-state index contributed by atoms with van der Waals surface area (Å²) in [5.74, 6) is 0.684. The van der Waals surface area contributed by atoms with Gasteiger partial charge in [0.1, 0.15) is 0 Å². The third-order valence-corrected chi connectivity index (χ3v) is 12.4. The SMILES string of the molecule is c1ccc(-c2cc(-c3ccc4c(c3)C3(c5ccccc5Sc5ccccc53)c3ccccc3-c3ccccc3-4)nc(-c3ccc(-c4cccnc4)cc3)n2)cc1. The van der Waals surface area contributed by atoms with Crippen molar-refractivity contribution in [3.8, 4) is 67.3 Å². The second-order valence-corrected chi connectivity index (χ2v) is 15.4. The highest BCUT2D eigenvalue weighted by atomic mass is 32.2. The number of hydrogen-bond acceptors (Lipinski definition) is 4. The second kappa shape index (κ2) is 13.2. The Morgan fingerprint density at radius 1 is 0.357 bits per heavy atom. The van der Waals surface area contributed by atoms with Crippen LogP contribution in [0.4, 0.5) is 0 Å². The Hall–Kier alpha value is -6.88. The first-order valence-corrected chi connectivity index (χ1v) is 19.7.